The Kier molecular flexibility index (Phi) is 3.82. The maximum Gasteiger partial charge on any atom is 0.320 e. The lowest BCUT2D eigenvalue weighted by Crippen LogP contribution is -2.58. The molecule has 21 heavy (non-hydrogen) atoms. The second-order valence-corrected chi connectivity index (χ2v) is 6.86. The van der Waals surface area contributed by atoms with E-state index in [2.05, 4.69) is 11.9 Å². The summed E-state index contributed by atoms with van der Waals surface area (Å²) in [6, 6.07) is 1.23. The highest BCUT2D eigenvalue weighted by molar-refractivity contribution is 5.76. The summed E-state index contributed by atoms with van der Waals surface area (Å²) in [6.07, 6.45) is 3.50. The standard InChI is InChI=1S/C15H25N3O3/c1-10(14(19)20)11-7-18(8-11)15(21)17-6-5-12-3-4-13(9-17)16(12)2/h10-13H,3-9H2,1-2H3,(H,19,20). The van der Waals surface area contributed by atoms with Crippen molar-refractivity contribution in [3.05, 3.63) is 0 Å². The summed E-state index contributed by atoms with van der Waals surface area (Å²) in [5.74, 6) is -1.02. The molecule has 0 aliphatic carbocycles. The summed E-state index contributed by atoms with van der Waals surface area (Å²) in [6.45, 7) is 4.57. The minimum Gasteiger partial charge on any atom is -0.481 e. The Balaban J connectivity index is 1.54. The molecule has 0 radical (unpaired) electrons. The molecule has 3 saturated heterocycles. The van der Waals surface area contributed by atoms with E-state index in [1.165, 1.54) is 12.8 Å². The SMILES string of the molecule is CC(C(=O)O)C1CN(C(=O)N2CCC3CCC(C2)N3C)C1. The first-order valence-corrected chi connectivity index (χ1v) is 7.96. The third-order valence-corrected chi connectivity index (χ3v) is 5.70. The molecule has 2 amide bonds. The van der Waals surface area contributed by atoms with Gasteiger partial charge >= 0.3 is 12.0 Å². The number of carboxylic acid groups (broad SMARTS) is 1. The summed E-state index contributed by atoms with van der Waals surface area (Å²) in [5, 5.41) is 9.01. The molecule has 0 aromatic heterocycles. The summed E-state index contributed by atoms with van der Waals surface area (Å²) in [5.41, 5.74) is 0. The first-order valence-electron chi connectivity index (χ1n) is 7.96. The molecule has 0 aromatic rings. The number of hydrogen-bond donors (Lipinski definition) is 1. The van der Waals surface area contributed by atoms with Gasteiger partial charge in [-0.1, -0.05) is 6.92 Å². The van der Waals surface area contributed by atoms with Gasteiger partial charge in [-0.3, -0.25) is 9.69 Å². The Bertz CT molecular complexity index is 436. The number of aliphatic carboxylic acids is 1. The third kappa shape index (κ3) is 2.61. The van der Waals surface area contributed by atoms with E-state index in [4.69, 9.17) is 5.11 Å². The van der Waals surface area contributed by atoms with Gasteiger partial charge in [0.2, 0.25) is 0 Å². The van der Waals surface area contributed by atoms with E-state index in [1.54, 1.807) is 6.92 Å². The Morgan fingerprint density at radius 2 is 1.71 bits per heavy atom. The van der Waals surface area contributed by atoms with Gasteiger partial charge in [0.15, 0.2) is 0 Å². The summed E-state index contributed by atoms with van der Waals surface area (Å²) in [4.78, 5) is 29.7. The van der Waals surface area contributed by atoms with E-state index in [0.717, 1.165) is 19.5 Å². The Morgan fingerprint density at radius 1 is 1.05 bits per heavy atom. The number of hydrogen-bond acceptors (Lipinski definition) is 3. The van der Waals surface area contributed by atoms with Crippen LogP contribution in [0.1, 0.15) is 26.2 Å². The van der Waals surface area contributed by atoms with Crippen molar-refractivity contribution in [2.24, 2.45) is 11.8 Å². The number of nitrogens with zero attached hydrogens (tertiary/aromatic N) is 3. The van der Waals surface area contributed by atoms with Crippen LogP contribution in [-0.4, -0.2) is 77.1 Å². The van der Waals surface area contributed by atoms with Crippen molar-refractivity contribution in [2.45, 2.75) is 38.3 Å². The fraction of sp³-hybridized carbons (Fsp3) is 0.867. The van der Waals surface area contributed by atoms with Crippen molar-refractivity contribution in [3.8, 4) is 0 Å². The highest BCUT2D eigenvalue weighted by Gasteiger charge is 2.41. The largest absolute Gasteiger partial charge is 0.481 e. The number of likely N-dealkylation sites (tertiary alicyclic amines) is 2. The van der Waals surface area contributed by atoms with E-state index in [1.807, 2.05) is 9.80 Å². The van der Waals surface area contributed by atoms with Crippen LogP contribution in [0.25, 0.3) is 0 Å². The first kappa shape index (κ1) is 14.6. The molecular formula is C15H25N3O3. The van der Waals surface area contributed by atoms with Crippen LogP contribution in [0.3, 0.4) is 0 Å². The number of carboxylic acids is 1. The molecule has 3 heterocycles. The van der Waals surface area contributed by atoms with Crippen molar-refractivity contribution in [2.75, 3.05) is 33.2 Å². The van der Waals surface area contributed by atoms with Crippen molar-refractivity contribution in [1.29, 1.82) is 0 Å². The Morgan fingerprint density at radius 3 is 2.38 bits per heavy atom. The molecule has 3 rings (SSSR count). The van der Waals surface area contributed by atoms with E-state index >= 15 is 0 Å². The molecule has 6 heteroatoms. The van der Waals surface area contributed by atoms with E-state index in [-0.39, 0.29) is 17.9 Å². The van der Waals surface area contributed by atoms with Gasteiger partial charge in [0, 0.05) is 44.2 Å². The molecule has 3 atom stereocenters. The number of carbonyl (C=O) groups excluding carboxylic acids is 1. The highest BCUT2D eigenvalue weighted by Crippen LogP contribution is 2.30. The van der Waals surface area contributed by atoms with Gasteiger partial charge in [-0.2, -0.15) is 0 Å². The molecule has 3 aliphatic rings. The molecule has 0 spiro atoms. The molecule has 2 bridgehead atoms. The van der Waals surface area contributed by atoms with Gasteiger partial charge in [0.25, 0.3) is 0 Å². The van der Waals surface area contributed by atoms with Gasteiger partial charge < -0.3 is 14.9 Å². The smallest absolute Gasteiger partial charge is 0.320 e. The van der Waals surface area contributed by atoms with Crippen LogP contribution in [0, 0.1) is 11.8 Å². The van der Waals surface area contributed by atoms with Gasteiger partial charge in [-0.15, -0.1) is 0 Å². The summed E-state index contributed by atoms with van der Waals surface area (Å²) >= 11 is 0. The fourth-order valence-electron chi connectivity index (χ4n) is 3.87. The molecular weight excluding hydrogens is 270 g/mol. The highest BCUT2D eigenvalue weighted by atomic mass is 16.4. The lowest BCUT2D eigenvalue weighted by atomic mass is 9.87. The zero-order chi connectivity index (χ0) is 15.1. The number of amides is 2. The van der Waals surface area contributed by atoms with Gasteiger partial charge in [-0.05, 0) is 26.3 Å². The van der Waals surface area contributed by atoms with Crippen LogP contribution in [0.4, 0.5) is 4.79 Å². The molecule has 1 N–H and O–H groups in total. The van der Waals surface area contributed by atoms with E-state index in [0.29, 0.717) is 25.2 Å². The number of rotatable bonds is 2. The Hall–Kier alpha value is -1.30. The van der Waals surface area contributed by atoms with Crippen molar-refractivity contribution < 1.29 is 14.7 Å². The van der Waals surface area contributed by atoms with Gasteiger partial charge in [0.05, 0.1) is 5.92 Å². The predicted molar refractivity (Wildman–Crippen MR) is 78.0 cm³/mol. The van der Waals surface area contributed by atoms with Crippen LogP contribution in [0.2, 0.25) is 0 Å². The topological polar surface area (TPSA) is 64.1 Å². The van der Waals surface area contributed by atoms with Crippen LogP contribution >= 0.6 is 0 Å². The number of urea groups is 1. The zero-order valence-corrected chi connectivity index (χ0v) is 12.9. The first-order chi connectivity index (χ1) is 9.97. The van der Waals surface area contributed by atoms with Crippen molar-refractivity contribution in [3.63, 3.8) is 0 Å². The Labute approximate surface area is 125 Å². The average Bonchev–Trinajstić information content (AvgIpc) is 2.60. The second kappa shape index (κ2) is 5.48. The summed E-state index contributed by atoms with van der Waals surface area (Å²) in [7, 11) is 2.17. The van der Waals surface area contributed by atoms with Crippen LogP contribution in [0.15, 0.2) is 0 Å². The van der Waals surface area contributed by atoms with Gasteiger partial charge in [0.1, 0.15) is 0 Å². The van der Waals surface area contributed by atoms with Crippen molar-refractivity contribution >= 4 is 12.0 Å². The minimum atomic E-state index is -0.763. The van der Waals surface area contributed by atoms with Gasteiger partial charge in [-0.25, -0.2) is 4.79 Å². The lowest BCUT2D eigenvalue weighted by Gasteiger charge is -2.43. The summed E-state index contributed by atoms with van der Waals surface area (Å²) < 4.78 is 0. The molecule has 3 aliphatic heterocycles. The zero-order valence-electron chi connectivity index (χ0n) is 12.9. The molecule has 3 unspecified atom stereocenters. The third-order valence-electron chi connectivity index (χ3n) is 5.70. The lowest BCUT2D eigenvalue weighted by molar-refractivity contribution is -0.144. The molecule has 118 valence electrons. The minimum absolute atomic E-state index is 0.102. The van der Waals surface area contributed by atoms with Crippen LogP contribution < -0.4 is 0 Å². The normalized spacial score (nSPS) is 31.7. The van der Waals surface area contributed by atoms with Crippen molar-refractivity contribution in [1.82, 2.24) is 14.7 Å². The average molecular weight is 295 g/mol. The quantitative estimate of drug-likeness (QED) is 0.823. The number of fused-ring (bicyclic) bond motifs is 2. The predicted octanol–water partition coefficient (Wildman–Crippen LogP) is 0.927. The van der Waals surface area contributed by atoms with Crippen LogP contribution in [0.5, 0.6) is 0 Å². The second-order valence-electron chi connectivity index (χ2n) is 6.86. The molecule has 0 saturated carbocycles. The van der Waals surface area contributed by atoms with E-state index in [9.17, 15) is 9.59 Å². The molecule has 0 aromatic carbocycles. The molecule has 3 fully saturated rings. The van der Waals surface area contributed by atoms with Crippen LogP contribution in [-0.2, 0) is 4.79 Å². The maximum absolute atomic E-state index is 12.5. The maximum atomic E-state index is 12.5. The number of likely N-dealkylation sites (N-methyl/N-ethyl adjacent to an activating group) is 1. The fourth-order valence-corrected chi connectivity index (χ4v) is 3.87. The molecule has 6 nitrogen and oxygen atoms in total. The number of carbonyl (C=O) groups is 2. The van der Waals surface area contributed by atoms with E-state index < -0.39 is 5.97 Å². The monoisotopic (exact) mass is 295 g/mol.